The highest BCUT2D eigenvalue weighted by Gasteiger charge is 2.25. The van der Waals surface area contributed by atoms with Gasteiger partial charge < -0.3 is 10.2 Å². The summed E-state index contributed by atoms with van der Waals surface area (Å²) in [5.41, 5.74) is 1.35. The molecule has 0 bridgehead atoms. The van der Waals surface area contributed by atoms with Crippen molar-refractivity contribution in [3.63, 3.8) is 0 Å². The van der Waals surface area contributed by atoms with Crippen molar-refractivity contribution in [2.24, 2.45) is 5.41 Å². The van der Waals surface area contributed by atoms with Gasteiger partial charge in [-0.1, -0.05) is 55.0 Å². The third-order valence-corrected chi connectivity index (χ3v) is 4.51. The first kappa shape index (κ1) is 21.4. The quantitative estimate of drug-likeness (QED) is 0.331. The van der Waals surface area contributed by atoms with Crippen molar-refractivity contribution in [1.29, 1.82) is 0 Å². The zero-order valence-corrected chi connectivity index (χ0v) is 15.6. The summed E-state index contributed by atoms with van der Waals surface area (Å²) in [5.74, 6) is -1.82. The van der Waals surface area contributed by atoms with E-state index in [0.717, 1.165) is 24.8 Å². The van der Waals surface area contributed by atoms with E-state index in [1.807, 2.05) is 36.4 Å². The number of aliphatic carboxylic acids is 2. The van der Waals surface area contributed by atoms with E-state index >= 15 is 0 Å². The molecule has 0 spiro atoms. The summed E-state index contributed by atoms with van der Waals surface area (Å²) < 4.78 is 0. The van der Waals surface area contributed by atoms with Crippen molar-refractivity contribution in [3.05, 3.63) is 71.8 Å². The molecule has 1 aromatic carbocycles. The molecule has 1 aromatic rings. The Morgan fingerprint density at radius 1 is 1.04 bits per heavy atom. The molecule has 0 amide bonds. The molecular formula is C22H28O4. The van der Waals surface area contributed by atoms with Gasteiger partial charge in [-0.15, -0.1) is 6.58 Å². The maximum absolute atomic E-state index is 11.3. The van der Waals surface area contributed by atoms with Gasteiger partial charge >= 0.3 is 11.9 Å². The minimum Gasteiger partial charge on any atom is -0.478 e. The van der Waals surface area contributed by atoms with Crippen molar-refractivity contribution in [1.82, 2.24) is 0 Å². The number of hydrogen-bond donors (Lipinski definition) is 2. The van der Waals surface area contributed by atoms with Gasteiger partial charge in [-0.05, 0) is 45.1 Å². The summed E-state index contributed by atoms with van der Waals surface area (Å²) in [6.45, 7) is 7.15. The zero-order chi connectivity index (χ0) is 19.6. The largest absolute Gasteiger partial charge is 0.478 e. The Labute approximate surface area is 155 Å². The van der Waals surface area contributed by atoms with E-state index in [4.69, 9.17) is 5.11 Å². The maximum Gasteiger partial charge on any atom is 0.330 e. The van der Waals surface area contributed by atoms with Gasteiger partial charge in [0.15, 0.2) is 0 Å². The van der Waals surface area contributed by atoms with Crippen molar-refractivity contribution >= 4 is 11.9 Å². The minimum atomic E-state index is -0.927. The first-order chi connectivity index (χ1) is 12.3. The van der Waals surface area contributed by atoms with Crippen LogP contribution in [0, 0.1) is 5.41 Å². The van der Waals surface area contributed by atoms with Crippen LogP contribution in [0.3, 0.4) is 0 Å². The molecule has 0 aromatic heterocycles. The van der Waals surface area contributed by atoms with Gasteiger partial charge in [0.05, 0.1) is 0 Å². The SMILES string of the molecule is C=CC(C=C(C)C(=O)O)(CCCCC=C(C)C(=O)O)Cc1ccccc1. The van der Waals surface area contributed by atoms with Gasteiger partial charge in [0, 0.05) is 16.6 Å². The first-order valence-corrected chi connectivity index (χ1v) is 8.80. The van der Waals surface area contributed by atoms with Gasteiger partial charge in [-0.2, -0.15) is 0 Å². The van der Waals surface area contributed by atoms with E-state index in [1.54, 1.807) is 26.0 Å². The molecule has 0 saturated heterocycles. The van der Waals surface area contributed by atoms with Gasteiger partial charge in [-0.25, -0.2) is 9.59 Å². The van der Waals surface area contributed by atoms with Gasteiger partial charge in [0.1, 0.15) is 0 Å². The lowest BCUT2D eigenvalue weighted by molar-refractivity contribution is -0.133. The zero-order valence-electron chi connectivity index (χ0n) is 15.6. The molecule has 4 heteroatoms. The van der Waals surface area contributed by atoms with Crippen LogP contribution in [-0.4, -0.2) is 22.2 Å². The number of benzene rings is 1. The topological polar surface area (TPSA) is 74.6 Å². The summed E-state index contributed by atoms with van der Waals surface area (Å²) in [5, 5.41) is 18.1. The molecule has 140 valence electrons. The van der Waals surface area contributed by atoms with Crippen LogP contribution in [0.25, 0.3) is 0 Å². The molecule has 0 heterocycles. The monoisotopic (exact) mass is 356 g/mol. The van der Waals surface area contributed by atoms with Crippen LogP contribution in [0.15, 0.2) is 66.3 Å². The number of unbranched alkanes of at least 4 members (excludes halogenated alkanes) is 2. The van der Waals surface area contributed by atoms with E-state index in [-0.39, 0.29) is 0 Å². The number of hydrogen-bond acceptors (Lipinski definition) is 2. The highest BCUT2D eigenvalue weighted by molar-refractivity contribution is 5.86. The van der Waals surface area contributed by atoms with E-state index in [2.05, 4.69) is 6.58 Å². The summed E-state index contributed by atoms with van der Waals surface area (Å²) in [4.78, 5) is 22.1. The number of rotatable bonds is 11. The second-order valence-electron chi connectivity index (χ2n) is 6.67. The molecule has 0 fully saturated rings. The molecule has 0 aliphatic heterocycles. The number of carbonyl (C=O) groups is 2. The van der Waals surface area contributed by atoms with Crippen LogP contribution < -0.4 is 0 Å². The number of allylic oxidation sites excluding steroid dienone is 3. The summed E-state index contributed by atoms with van der Waals surface area (Å²) >= 11 is 0. The molecule has 0 aliphatic rings. The Hall–Kier alpha value is -2.62. The Morgan fingerprint density at radius 2 is 1.65 bits per heavy atom. The molecule has 2 N–H and O–H groups in total. The van der Waals surface area contributed by atoms with Gasteiger partial charge in [0.25, 0.3) is 0 Å². The lowest BCUT2D eigenvalue weighted by atomic mass is 9.76. The molecule has 0 radical (unpaired) electrons. The fourth-order valence-corrected chi connectivity index (χ4v) is 2.92. The Balaban J connectivity index is 2.88. The van der Waals surface area contributed by atoms with Crippen LogP contribution in [-0.2, 0) is 16.0 Å². The summed E-state index contributed by atoms with van der Waals surface area (Å²) in [6.07, 6.45) is 9.20. The molecule has 1 atom stereocenters. The van der Waals surface area contributed by atoms with Gasteiger partial charge in [-0.3, -0.25) is 0 Å². The fraction of sp³-hybridized carbons (Fsp3) is 0.364. The molecule has 4 nitrogen and oxygen atoms in total. The fourth-order valence-electron chi connectivity index (χ4n) is 2.92. The average Bonchev–Trinajstić information content (AvgIpc) is 2.61. The van der Waals surface area contributed by atoms with E-state index in [1.165, 1.54) is 0 Å². The second kappa shape index (κ2) is 10.4. The van der Waals surface area contributed by atoms with Crippen molar-refractivity contribution in [2.75, 3.05) is 0 Å². The molecule has 0 saturated carbocycles. The molecular weight excluding hydrogens is 328 g/mol. The van der Waals surface area contributed by atoms with E-state index in [0.29, 0.717) is 24.0 Å². The lowest BCUT2D eigenvalue weighted by Gasteiger charge is -2.28. The number of carboxylic acid groups (broad SMARTS) is 2. The highest BCUT2D eigenvalue weighted by atomic mass is 16.4. The molecule has 26 heavy (non-hydrogen) atoms. The molecule has 1 unspecified atom stereocenters. The summed E-state index contributed by atoms with van der Waals surface area (Å²) in [7, 11) is 0. The molecule has 0 aliphatic carbocycles. The lowest BCUT2D eigenvalue weighted by Crippen LogP contribution is -2.20. The summed E-state index contributed by atoms with van der Waals surface area (Å²) in [6, 6.07) is 9.95. The highest BCUT2D eigenvalue weighted by Crippen LogP contribution is 2.34. The minimum absolute atomic E-state index is 0.308. The van der Waals surface area contributed by atoms with Crippen LogP contribution >= 0.6 is 0 Å². The van der Waals surface area contributed by atoms with E-state index in [9.17, 15) is 14.7 Å². The maximum atomic E-state index is 11.3. The Kier molecular flexibility index (Phi) is 8.56. The predicted molar refractivity (Wildman–Crippen MR) is 104 cm³/mol. The Bertz CT molecular complexity index is 685. The van der Waals surface area contributed by atoms with Crippen molar-refractivity contribution in [2.45, 2.75) is 46.0 Å². The van der Waals surface area contributed by atoms with Crippen LogP contribution in [0.2, 0.25) is 0 Å². The third kappa shape index (κ3) is 7.09. The smallest absolute Gasteiger partial charge is 0.330 e. The number of carboxylic acids is 2. The van der Waals surface area contributed by atoms with Gasteiger partial charge in [0.2, 0.25) is 0 Å². The van der Waals surface area contributed by atoms with Crippen LogP contribution in [0.5, 0.6) is 0 Å². The Morgan fingerprint density at radius 3 is 2.19 bits per heavy atom. The van der Waals surface area contributed by atoms with Crippen LogP contribution in [0.4, 0.5) is 0 Å². The molecule has 1 rings (SSSR count). The average molecular weight is 356 g/mol. The third-order valence-electron chi connectivity index (χ3n) is 4.51. The van der Waals surface area contributed by atoms with Crippen LogP contribution in [0.1, 0.15) is 45.1 Å². The second-order valence-corrected chi connectivity index (χ2v) is 6.67. The van der Waals surface area contributed by atoms with Crippen molar-refractivity contribution < 1.29 is 19.8 Å². The first-order valence-electron chi connectivity index (χ1n) is 8.80. The normalized spacial score (nSPS) is 14.5. The standard InChI is InChI=1S/C22H28O4/c1-4-22(15-18(3)21(25)26,16-19-12-8-5-9-13-19)14-10-6-7-11-17(2)20(23)24/h4-5,8-9,11-13,15H,1,6-7,10,14,16H2,2-3H3,(H,23,24)(H,25,26). The van der Waals surface area contributed by atoms with E-state index < -0.39 is 17.4 Å². The van der Waals surface area contributed by atoms with Crippen molar-refractivity contribution in [3.8, 4) is 0 Å². The predicted octanol–water partition coefficient (Wildman–Crippen LogP) is 5.02.